The van der Waals surface area contributed by atoms with Crippen molar-refractivity contribution in [3.63, 3.8) is 0 Å². The van der Waals surface area contributed by atoms with Gasteiger partial charge in [0.1, 0.15) is 5.15 Å². The third-order valence-corrected chi connectivity index (χ3v) is 2.90. The second-order valence-corrected chi connectivity index (χ2v) is 4.30. The summed E-state index contributed by atoms with van der Waals surface area (Å²) in [5.41, 5.74) is 6.83. The first-order valence-electron chi connectivity index (χ1n) is 5.05. The van der Waals surface area contributed by atoms with Gasteiger partial charge in [-0.3, -0.25) is 4.79 Å². The summed E-state index contributed by atoms with van der Waals surface area (Å²) in [6.07, 6.45) is 1.46. The highest BCUT2D eigenvalue weighted by Gasteiger charge is 2.12. The van der Waals surface area contributed by atoms with E-state index in [1.807, 2.05) is 0 Å². The smallest absolute Gasteiger partial charge is 0.257 e. The molecule has 0 bridgehead atoms. The Morgan fingerprint density at radius 1 is 1.22 bits per heavy atom. The fourth-order valence-electron chi connectivity index (χ4n) is 1.37. The van der Waals surface area contributed by atoms with Gasteiger partial charge >= 0.3 is 0 Å². The molecule has 0 radical (unpaired) electrons. The molecule has 18 heavy (non-hydrogen) atoms. The lowest BCUT2D eigenvalue weighted by Crippen LogP contribution is -2.13. The molecule has 6 heteroatoms. The van der Waals surface area contributed by atoms with Crippen molar-refractivity contribution in [3.8, 4) is 0 Å². The molecule has 0 aliphatic heterocycles. The Kier molecular flexibility index (Phi) is 3.69. The highest BCUT2D eigenvalue weighted by molar-refractivity contribution is 6.36. The SMILES string of the molecule is Nc1cccc(C(=O)Nc2ccc(Cl)nc2)c1Cl. The number of benzene rings is 1. The molecule has 0 aliphatic carbocycles. The zero-order valence-electron chi connectivity index (χ0n) is 9.15. The maximum absolute atomic E-state index is 12.0. The number of nitrogen functional groups attached to an aromatic ring is 1. The van der Waals surface area contributed by atoms with E-state index in [0.29, 0.717) is 22.1 Å². The molecule has 0 fully saturated rings. The van der Waals surface area contributed by atoms with Crippen molar-refractivity contribution >= 4 is 40.5 Å². The van der Waals surface area contributed by atoms with Gasteiger partial charge in [-0.15, -0.1) is 0 Å². The average Bonchev–Trinajstić information content (AvgIpc) is 2.35. The van der Waals surface area contributed by atoms with Crippen LogP contribution in [0.4, 0.5) is 11.4 Å². The van der Waals surface area contributed by atoms with Crippen molar-refractivity contribution in [2.75, 3.05) is 11.1 Å². The van der Waals surface area contributed by atoms with E-state index >= 15 is 0 Å². The van der Waals surface area contributed by atoms with Gasteiger partial charge in [0, 0.05) is 0 Å². The second kappa shape index (κ2) is 5.25. The normalized spacial score (nSPS) is 10.1. The maximum Gasteiger partial charge on any atom is 0.257 e. The molecule has 0 unspecified atom stereocenters. The average molecular weight is 282 g/mol. The van der Waals surface area contributed by atoms with Crippen LogP contribution >= 0.6 is 23.2 Å². The van der Waals surface area contributed by atoms with Crippen LogP contribution in [-0.4, -0.2) is 10.9 Å². The number of halogens is 2. The molecule has 4 nitrogen and oxygen atoms in total. The number of nitrogens with zero attached hydrogens (tertiary/aromatic N) is 1. The predicted octanol–water partition coefficient (Wildman–Crippen LogP) is 3.22. The lowest BCUT2D eigenvalue weighted by atomic mass is 10.2. The van der Waals surface area contributed by atoms with Crippen LogP contribution in [0.5, 0.6) is 0 Å². The number of rotatable bonds is 2. The summed E-state index contributed by atoms with van der Waals surface area (Å²) in [5.74, 6) is -0.351. The minimum atomic E-state index is -0.351. The summed E-state index contributed by atoms with van der Waals surface area (Å²) in [6, 6.07) is 8.11. The van der Waals surface area contributed by atoms with Crippen molar-refractivity contribution in [1.29, 1.82) is 0 Å². The van der Waals surface area contributed by atoms with Gasteiger partial charge in [0.25, 0.3) is 5.91 Å². The Bertz CT molecular complexity index is 584. The number of hydrogen-bond acceptors (Lipinski definition) is 3. The summed E-state index contributed by atoms with van der Waals surface area (Å²) in [5, 5.41) is 3.24. The monoisotopic (exact) mass is 281 g/mol. The second-order valence-electron chi connectivity index (χ2n) is 3.53. The highest BCUT2D eigenvalue weighted by Crippen LogP contribution is 2.23. The molecule has 3 N–H and O–H groups in total. The topological polar surface area (TPSA) is 68.0 Å². The third kappa shape index (κ3) is 2.72. The molecule has 1 aromatic heterocycles. The lowest BCUT2D eigenvalue weighted by molar-refractivity contribution is 0.102. The van der Waals surface area contributed by atoms with Crippen LogP contribution in [-0.2, 0) is 0 Å². The van der Waals surface area contributed by atoms with Crippen LogP contribution in [0.3, 0.4) is 0 Å². The maximum atomic E-state index is 12.0. The summed E-state index contributed by atoms with van der Waals surface area (Å²) in [6.45, 7) is 0. The van der Waals surface area contributed by atoms with Gasteiger partial charge in [-0.1, -0.05) is 29.3 Å². The first-order chi connectivity index (χ1) is 8.58. The first kappa shape index (κ1) is 12.7. The Hall–Kier alpha value is -1.78. The van der Waals surface area contributed by atoms with Crippen molar-refractivity contribution in [2.45, 2.75) is 0 Å². The number of anilines is 2. The largest absolute Gasteiger partial charge is 0.398 e. The van der Waals surface area contributed by atoms with Gasteiger partial charge < -0.3 is 11.1 Å². The molecule has 2 rings (SSSR count). The number of hydrogen-bond donors (Lipinski definition) is 2. The molecule has 0 saturated carbocycles. The molecule has 92 valence electrons. The van der Waals surface area contributed by atoms with Crippen molar-refractivity contribution in [1.82, 2.24) is 4.98 Å². The lowest BCUT2D eigenvalue weighted by Gasteiger charge is -2.07. The number of nitrogens with two attached hydrogens (primary N) is 1. The standard InChI is InChI=1S/C12H9Cl2N3O/c13-10-5-4-7(6-16-10)17-12(18)8-2-1-3-9(15)11(8)14/h1-6H,15H2,(H,17,18). The van der Waals surface area contributed by atoms with Crippen LogP contribution in [0.2, 0.25) is 10.2 Å². The molecule has 1 heterocycles. The van der Waals surface area contributed by atoms with E-state index in [0.717, 1.165) is 0 Å². The molecule has 1 aromatic carbocycles. The van der Waals surface area contributed by atoms with Gasteiger partial charge in [0.05, 0.1) is 28.2 Å². The van der Waals surface area contributed by atoms with E-state index in [-0.39, 0.29) is 10.9 Å². The Morgan fingerprint density at radius 2 is 2.00 bits per heavy atom. The van der Waals surface area contributed by atoms with E-state index in [2.05, 4.69) is 10.3 Å². The molecule has 0 atom stereocenters. The number of amides is 1. The Labute approximate surface area is 114 Å². The van der Waals surface area contributed by atoms with Crippen LogP contribution in [0.15, 0.2) is 36.5 Å². The summed E-state index contributed by atoms with van der Waals surface area (Å²) in [4.78, 5) is 15.8. The zero-order valence-corrected chi connectivity index (χ0v) is 10.7. The number of aromatic nitrogens is 1. The van der Waals surface area contributed by atoms with Gasteiger partial charge in [0.2, 0.25) is 0 Å². The van der Waals surface area contributed by atoms with E-state index in [9.17, 15) is 4.79 Å². The van der Waals surface area contributed by atoms with Crippen LogP contribution in [0.1, 0.15) is 10.4 Å². The van der Waals surface area contributed by atoms with Crippen LogP contribution < -0.4 is 11.1 Å². The van der Waals surface area contributed by atoms with Crippen molar-refractivity contribution < 1.29 is 4.79 Å². The summed E-state index contributed by atoms with van der Waals surface area (Å²) >= 11 is 11.6. The predicted molar refractivity (Wildman–Crippen MR) is 73.1 cm³/mol. The van der Waals surface area contributed by atoms with E-state index in [4.69, 9.17) is 28.9 Å². The van der Waals surface area contributed by atoms with E-state index in [1.54, 1.807) is 30.3 Å². The molecule has 1 amide bonds. The number of carbonyl (C=O) groups is 1. The van der Waals surface area contributed by atoms with Crippen LogP contribution in [0, 0.1) is 0 Å². The molecule has 0 aliphatic rings. The van der Waals surface area contributed by atoms with E-state index in [1.165, 1.54) is 6.20 Å². The zero-order chi connectivity index (χ0) is 13.1. The Balaban J connectivity index is 2.22. The van der Waals surface area contributed by atoms with Crippen LogP contribution in [0.25, 0.3) is 0 Å². The highest BCUT2D eigenvalue weighted by atomic mass is 35.5. The molecule has 0 spiro atoms. The van der Waals surface area contributed by atoms with Crippen molar-refractivity contribution in [3.05, 3.63) is 52.3 Å². The third-order valence-electron chi connectivity index (χ3n) is 2.26. The van der Waals surface area contributed by atoms with Gasteiger partial charge in [0.15, 0.2) is 0 Å². The van der Waals surface area contributed by atoms with Gasteiger partial charge in [-0.25, -0.2) is 4.98 Å². The minimum absolute atomic E-state index is 0.233. The quantitative estimate of drug-likeness (QED) is 0.656. The summed E-state index contributed by atoms with van der Waals surface area (Å²) < 4.78 is 0. The minimum Gasteiger partial charge on any atom is -0.398 e. The molecule has 0 saturated heterocycles. The van der Waals surface area contributed by atoms with Gasteiger partial charge in [-0.2, -0.15) is 0 Å². The van der Waals surface area contributed by atoms with E-state index < -0.39 is 0 Å². The molecular formula is C12H9Cl2N3O. The van der Waals surface area contributed by atoms with Crippen molar-refractivity contribution in [2.24, 2.45) is 0 Å². The molecule has 2 aromatic rings. The fraction of sp³-hybridized carbons (Fsp3) is 0. The fourth-order valence-corrected chi connectivity index (χ4v) is 1.70. The van der Waals surface area contributed by atoms with Gasteiger partial charge in [-0.05, 0) is 24.3 Å². The number of nitrogens with one attached hydrogen (secondary N) is 1. The number of carbonyl (C=O) groups excluding carboxylic acids is 1. The molecular weight excluding hydrogens is 273 g/mol. The number of pyridine rings is 1. The summed E-state index contributed by atoms with van der Waals surface area (Å²) in [7, 11) is 0. The Morgan fingerprint density at radius 3 is 2.67 bits per heavy atom. The first-order valence-corrected chi connectivity index (χ1v) is 5.80.